The van der Waals surface area contributed by atoms with E-state index in [1.807, 2.05) is 127 Å². The molecule has 0 radical (unpaired) electrons. The molecule has 2 aromatic carbocycles. The van der Waals surface area contributed by atoms with Crippen LogP contribution in [0.25, 0.3) is 74.7 Å². The van der Waals surface area contributed by atoms with Gasteiger partial charge in [0.25, 0.3) is 0 Å². The van der Waals surface area contributed by atoms with E-state index in [-0.39, 0.29) is 22.1 Å². The summed E-state index contributed by atoms with van der Waals surface area (Å²) in [5.74, 6) is 0. The molecular formula is C36H20N6Ni. The number of nitriles is 2. The number of allylic oxidation sites excluding steroid dienone is 1. The van der Waals surface area contributed by atoms with E-state index >= 15 is 0 Å². The summed E-state index contributed by atoms with van der Waals surface area (Å²) in [6, 6.07) is 33.8. The average molecular weight is 595 g/mol. The first-order valence-electron chi connectivity index (χ1n) is 13.4. The SMILES string of the molecule is N#CC(C#N)=Cc1c2nc(c(-c3ccccc3)c3ccc(cc4nc(c(-c5ccccc5)c5ccc1[n-]5)C=C4)[n-]3)C=C2.[Ni+2]. The molecule has 5 aromatic rings. The Morgan fingerprint density at radius 1 is 0.605 bits per heavy atom. The second kappa shape index (κ2) is 11.6. The minimum atomic E-state index is -0.0340. The zero-order chi connectivity index (χ0) is 28.5. The van der Waals surface area contributed by atoms with Crippen molar-refractivity contribution < 1.29 is 16.5 Å². The second-order valence-corrected chi connectivity index (χ2v) is 9.76. The van der Waals surface area contributed by atoms with Gasteiger partial charge in [0.1, 0.15) is 17.7 Å². The van der Waals surface area contributed by atoms with Gasteiger partial charge in [0.15, 0.2) is 0 Å². The molecule has 5 heterocycles. The molecule has 0 fully saturated rings. The largest absolute Gasteiger partial charge is 2.00 e. The molecule has 3 aromatic heterocycles. The first kappa shape index (κ1) is 27.4. The van der Waals surface area contributed by atoms with Gasteiger partial charge in [0, 0.05) is 0 Å². The van der Waals surface area contributed by atoms with Gasteiger partial charge in [-0.25, -0.2) is 9.97 Å². The Bertz CT molecular complexity index is 2150. The number of rotatable bonds is 3. The summed E-state index contributed by atoms with van der Waals surface area (Å²) < 4.78 is 0. The molecule has 43 heavy (non-hydrogen) atoms. The first-order chi connectivity index (χ1) is 20.7. The molecular weight excluding hydrogens is 575 g/mol. The molecule has 7 heteroatoms. The fourth-order valence-corrected chi connectivity index (χ4v) is 5.23. The van der Waals surface area contributed by atoms with E-state index in [0.29, 0.717) is 16.8 Å². The van der Waals surface area contributed by atoms with E-state index in [4.69, 9.17) is 19.9 Å². The van der Waals surface area contributed by atoms with Gasteiger partial charge in [0.2, 0.25) is 0 Å². The summed E-state index contributed by atoms with van der Waals surface area (Å²) in [4.78, 5) is 19.9. The zero-order valence-corrected chi connectivity index (χ0v) is 23.5. The molecule has 2 aliphatic rings. The first-order valence-corrected chi connectivity index (χ1v) is 13.4. The molecule has 7 rings (SSSR count). The predicted octanol–water partition coefficient (Wildman–Crippen LogP) is 7.68. The molecule has 0 unspecified atom stereocenters. The number of benzene rings is 2. The van der Waals surface area contributed by atoms with Crippen LogP contribution in [0.5, 0.6) is 0 Å². The van der Waals surface area contributed by atoms with Gasteiger partial charge in [-0.1, -0.05) is 91.0 Å². The molecule has 0 atom stereocenters. The molecule has 6 nitrogen and oxygen atoms in total. The van der Waals surface area contributed by atoms with Crippen molar-refractivity contribution in [2.45, 2.75) is 0 Å². The van der Waals surface area contributed by atoms with Crippen molar-refractivity contribution in [2.75, 3.05) is 0 Å². The maximum atomic E-state index is 9.61. The van der Waals surface area contributed by atoms with Crippen LogP contribution in [-0.4, -0.2) is 9.97 Å². The van der Waals surface area contributed by atoms with E-state index in [2.05, 4.69) is 0 Å². The number of hydrogen-bond acceptors (Lipinski definition) is 4. The normalized spacial score (nSPS) is 11.3. The standard InChI is InChI=1S/C36H20N6.Ni/c37-21-23(22-38)19-28-29-15-17-33(41-29)35(24-7-3-1-4-8-24)31-13-11-26(39-31)20-27-12-14-32(40-27)36(25-9-5-2-6-10-25)34-18-16-30(28)42-34;/h1-20H;/q-2;+2. The van der Waals surface area contributed by atoms with Gasteiger partial charge in [0.05, 0.1) is 22.8 Å². The van der Waals surface area contributed by atoms with Crippen molar-refractivity contribution in [3.05, 3.63) is 125 Å². The van der Waals surface area contributed by atoms with Crippen LogP contribution >= 0.6 is 0 Å². The smallest absolute Gasteiger partial charge is 0.657 e. The van der Waals surface area contributed by atoms with E-state index in [1.54, 1.807) is 6.08 Å². The Kier molecular flexibility index (Phi) is 7.41. The monoisotopic (exact) mass is 594 g/mol. The van der Waals surface area contributed by atoms with Crippen molar-refractivity contribution in [2.24, 2.45) is 0 Å². The maximum absolute atomic E-state index is 9.61. The van der Waals surface area contributed by atoms with Crippen LogP contribution in [0.15, 0.2) is 96.6 Å². The van der Waals surface area contributed by atoms with E-state index in [9.17, 15) is 10.5 Å². The molecule has 0 saturated carbocycles. The minimum Gasteiger partial charge on any atom is -0.657 e. The third kappa shape index (κ3) is 5.22. The summed E-state index contributed by atoms with van der Waals surface area (Å²) in [5.41, 5.74) is 10.1. The number of hydrogen-bond donors (Lipinski definition) is 0. The Balaban J connectivity index is 0.00000329. The predicted molar refractivity (Wildman–Crippen MR) is 167 cm³/mol. The van der Waals surface area contributed by atoms with Crippen LogP contribution in [0.2, 0.25) is 0 Å². The molecule has 204 valence electrons. The van der Waals surface area contributed by atoms with Crippen LogP contribution in [0.3, 0.4) is 0 Å². The van der Waals surface area contributed by atoms with Gasteiger partial charge in [-0.15, -0.1) is 22.1 Å². The third-order valence-electron chi connectivity index (χ3n) is 7.13. The summed E-state index contributed by atoms with van der Waals surface area (Å²) in [6.45, 7) is 0. The quantitative estimate of drug-likeness (QED) is 0.154. The van der Waals surface area contributed by atoms with Crippen molar-refractivity contribution in [3.8, 4) is 34.4 Å². The van der Waals surface area contributed by atoms with E-state index in [0.717, 1.165) is 55.9 Å². The summed E-state index contributed by atoms with van der Waals surface area (Å²) in [5, 5.41) is 19.2. The molecule has 2 aliphatic heterocycles. The number of aromatic nitrogens is 4. The Labute approximate surface area is 258 Å². The van der Waals surface area contributed by atoms with Crippen LogP contribution in [0.4, 0.5) is 0 Å². The Morgan fingerprint density at radius 2 is 1.16 bits per heavy atom. The average Bonchev–Trinajstić information content (AvgIpc) is 3.85. The fraction of sp³-hybridized carbons (Fsp3) is 0. The van der Waals surface area contributed by atoms with Crippen LogP contribution < -0.4 is 9.97 Å². The van der Waals surface area contributed by atoms with E-state index in [1.165, 1.54) is 0 Å². The van der Waals surface area contributed by atoms with Gasteiger partial charge in [-0.2, -0.15) is 10.5 Å². The van der Waals surface area contributed by atoms with Gasteiger partial charge in [-0.05, 0) is 58.2 Å². The molecule has 0 amide bonds. The van der Waals surface area contributed by atoms with Crippen LogP contribution in [0, 0.1) is 22.7 Å². The van der Waals surface area contributed by atoms with Crippen LogP contribution in [-0.2, 0) is 16.5 Å². The van der Waals surface area contributed by atoms with Crippen molar-refractivity contribution in [1.82, 2.24) is 19.9 Å². The molecule has 0 saturated heterocycles. The minimum absolute atomic E-state index is 0. The summed E-state index contributed by atoms with van der Waals surface area (Å²) >= 11 is 0. The van der Waals surface area contributed by atoms with Gasteiger partial charge in [-0.3, -0.25) is 0 Å². The van der Waals surface area contributed by atoms with Crippen molar-refractivity contribution >= 4 is 52.4 Å². The van der Waals surface area contributed by atoms with Crippen molar-refractivity contribution in [3.63, 3.8) is 0 Å². The Hall–Kier alpha value is -5.75. The number of fused-ring (bicyclic) bond motifs is 8. The molecule has 0 N–H and O–H groups in total. The summed E-state index contributed by atoms with van der Waals surface area (Å²) in [7, 11) is 0. The maximum Gasteiger partial charge on any atom is 2.00 e. The third-order valence-corrected chi connectivity index (χ3v) is 7.13. The molecule has 0 aliphatic carbocycles. The number of nitrogens with zero attached hydrogens (tertiary/aromatic N) is 6. The zero-order valence-electron chi connectivity index (χ0n) is 22.5. The topological polar surface area (TPSA) is 102 Å². The summed E-state index contributed by atoms with van der Waals surface area (Å²) in [6.07, 6.45) is 9.36. The Morgan fingerprint density at radius 3 is 1.84 bits per heavy atom. The second-order valence-electron chi connectivity index (χ2n) is 9.76. The molecule has 8 bridgehead atoms. The molecule has 0 spiro atoms. The van der Waals surface area contributed by atoms with Crippen molar-refractivity contribution in [1.29, 1.82) is 10.5 Å². The van der Waals surface area contributed by atoms with Gasteiger partial charge >= 0.3 is 16.5 Å². The van der Waals surface area contributed by atoms with Crippen LogP contribution in [0.1, 0.15) is 28.3 Å². The fourth-order valence-electron chi connectivity index (χ4n) is 5.23. The van der Waals surface area contributed by atoms with E-state index < -0.39 is 0 Å². The van der Waals surface area contributed by atoms with Gasteiger partial charge < -0.3 is 9.97 Å².